The molecule has 0 aliphatic carbocycles. The van der Waals surface area contributed by atoms with E-state index < -0.39 is 164 Å². The Labute approximate surface area is 436 Å². The van der Waals surface area contributed by atoms with Crippen molar-refractivity contribution >= 4 is 54.0 Å². The number of carbonyl (C=O) groups excluding carboxylic acids is 7. The average molecular weight is 1100 g/mol. The Balaban J connectivity index is 0.000000272. The number of amides is 2. The number of rotatable bonds is 15. The molecule has 6 aliphatic rings. The minimum absolute atomic E-state index is 0.0157. The third kappa shape index (κ3) is 18.4. The van der Waals surface area contributed by atoms with Crippen molar-refractivity contribution in [2.75, 3.05) is 54.9 Å². The maximum atomic E-state index is 11.5. The standard InChI is InChI=1S/C15H23NO9.C12H17NO7.C9H17NO6.C9H15NO5/c1-7(17)16-12-14(23-9(3)19)13(21-5)11(6-22-8(2)18)25-15(12)24-10(4)20;1-6(14)17-4-8-10(16-3)11(19-7(2)15)9-12(20-8)18-5-13-9;1-4(12)10-6-7(13)8(15-2)5(3-11)16-9(6)14;1-4-10-6-7(12)8(13-2)5(3-11)15-9(6)14-4/h11-15H,6H2,1-5H3,(H,16,17);5,8-12H,4H2,1-3H3;5-9,11,13-14H,3H2,1-2H3,(H,10,12);5-9,11-12H,3H2,1-2H3/t11?,12?,13-,14-,15-;8?,9-,10+,11?,12+;5?,6?,7-,8-,9?;5?,6-,7?,8+,9+/m1010/s1. The van der Waals surface area contributed by atoms with Gasteiger partial charge in [-0.15, -0.1) is 0 Å². The molecule has 0 aromatic heterocycles. The third-order valence-electron chi connectivity index (χ3n) is 11.6. The van der Waals surface area contributed by atoms with E-state index in [4.69, 9.17) is 81.3 Å². The average Bonchev–Trinajstić information content (AvgIpc) is 3.98. The number of esters is 5. The monoisotopic (exact) mass is 1100 g/mol. The largest absolute Gasteiger partial charge is 0.463 e. The number of nitrogens with zero attached hydrogens (tertiary/aromatic N) is 2. The predicted octanol–water partition coefficient (Wildman–Crippen LogP) is -4.59. The number of methoxy groups -OCH3 is 4. The van der Waals surface area contributed by atoms with E-state index in [1.54, 1.807) is 6.92 Å². The van der Waals surface area contributed by atoms with Crippen LogP contribution in [0.4, 0.5) is 0 Å². The van der Waals surface area contributed by atoms with Gasteiger partial charge in [-0.2, -0.15) is 0 Å². The number of nitrogens with one attached hydrogen (secondary N) is 2. The van der Waals surface area contributed by atoms with Crippen molar-refractivity contribution in [3.63, 3.8) is 0 Å². The summed E-state index contributed by atoms with van der Waals surface area (Å²) in [7, 11) is 5.63. The molecule has 4 fully saturated rings. The van der Waals surface area contributed by atoms with Crippen LogP contribution < -0.4 is 10.6 Å². The highest BCUT2D eigenvalue weighted by Crippen LogP contribution is 2.32. The fourth-order valence-corrected chi connectivity index (χ4v) is 8.53. The minimum Gasteiger partial charge on any atom is -0.463 e. The van der Waals surface area contributed by atoms with Gasteiger partial charge in [-0.05, 0) is 0 Å². The molecule has 7 N–H and O–H groups in total. The summed E-state index contributed by atoms with van der Waals surface area (Å²) in [6, 6.07) is -2.91. The molecule has 0 saturated carbocycles. The Kier molecular flexibility index (Phi) is 26.7. The molecule has 0 aromatic rings. The second kappa shape index (κ2) is 31.2. The third-order valence-corrected chi connectivity index (χ3v) is 11.6. The van der Waals surface area contributed by atoms with E-state index in [1.807, 2.05) is 0 Å². The highest BCUT2D eigenvalue weighted by molar-refractivity contribution is 5.75. The van der Waals surface area contributed by atoms with Gasteiger partial charge in [0.2, 0.25) is 30.7 Å². The summed E-state index contributed by atoms with van der Waals surface area (Å²) >= 11 is 0. The summed E-state index contributed by atoms with van der Waals surface area (Å²) in [5.41, 5.74) is 0. The van der Waals surface area contributed by atoms with Crippen LogP contribution in [-0.2, 0) is 105 Å². The molecular weight excluding hydrogens is 1030 g/mol. The van der Waals surface area contributed by atoms with Crippen molar-refractivity contribution in [2.45, 2.75) is 178 Å². The lowest BCUT2D eigenvalue weighted by molar-refractivity contribution is -0.271. The molecule has 0 spiro atoms. The number of aliphatic hydroxyl groups excluding tert-OH is 5. The Hall–Kier alpha value is -5.29. The summed E-state index contributed by atoms with van der Waals surface area (Å²) in [4.78, 5) is 86.6. The lowest BCUT2D eigenvalue weighted by atomic mass is 9.96. The van der Waals surface area contributed by atoms with Crippen LogP contribution in [0.25, 0.3) is 0 Å². The summed E-state index contributed by atoms with van der Waals surface area (Å²) in [5, 5.41) is 52.3. The van der Waals surface area contributed by atoms with Crippen molar-refractivity contribution in [1.82, 2.24) is 10.6 Å². The van der Waals surface area contributed by atoms with Crippen molar-refractivity contribution in [3.8, 4) is 0 Å². The molecule has 0 radical (unpaired) electrons. The van der Waals surface area contributed by atoms with Crippen LogP contribution in [0.3, 0.4) is 0 Å². The van der Waals surface area contributed by atoms with Gasteiger partial charge in [0.15, 0.2) is 36.8 Å². The molecule has 0 aromatic carbocycles. The molecule has 76 heavy (non-hydrogen) atoms. The quantitative estimate of drug-likeness (QED) is 0.0599. The molecule has 6 rings (SSSR count). The van der Waals surface area contributed by atoms with Crippen LogP contribution in [0.5, 0.6) is 0 Å². The van der Waals surface area contributed by atoms with E-state index in [2.05, 4.69) is 20.6 Å². The first-order valence-corrected chi connectivity index (χ1v) is 23.6. The van der Waals surface area contributed by atoms with Crippen molar-refractivity contribution in [1.29, 1.82) is 0 Å². The molecule has 2 amide bonds. The Morgan fingerprint density at radius 2 is 1.00 bits per heavy atom. The van der Waals surface area contributed by atoms with E-state index in [0.717, 1.165) is 0 Å². The molecule has 6 aliphatic heterocycles. The second-order valence-electron chi connectivity index (χ2n) is 17.3. The van der Waals surface area contributed by atoms with Crippen LogP contribution in [0, 0.1) is 0 Å². The predicted molar refractivity (Wildman–Crippen MR) is 249 cm³/mol. The molecule has 434 valence electrons. The van der Waals surface area contributed by atoms with Crippen LogP contribution >= 0.6 is 0 Å². The van der Waals surface area contributed by atoms with Gasteiger partial charge in [0.1, 0.15) is 92.4 Å². The highest BCUT2D eigenvalue weighted by atomic mass is 16.7. The summed E-state index contributed by atoms with van der Waals surface area (Å²) in [6.07, 6.45) is -12.0. The lowest BCUT2D eigenvalue weighted by Crippen LogP contribution is -2.66. The first kappa shape index (κ1) is 65.0. The number of ether oxygens (including phenoxy) is 15. The van der Waals surface area contributed by atoms with Crippen LogP contribution in [0.2, 0.25) is 0 Å². The zero-order chi connectivity index (χ0) is 57.1. The van der Waals surface area contributed by atoms with Crippen LogP contribution in [-0.4, -0.2) is 257 Å². The molecule has 9 unspecified atom stereocenters. The van der Waals surface area contributed by atoms with Gasteiger partial charge in [-0.3, -0.25) is 33.6 Å². The second-order valence-corrected chi connectivity index (χ2v) is 17.3. The Morgan fingerprint density at radius 1 is 0.539 bits per heavy atom. The smallest absolute Gasteiger partial charge is 0.305 e. The zero-order valence-corrected chi connectivity index (χ0v) is 44.1. The normalized spacial score (nSPS) is 35.7. The molecule has 6 heterocycles. The summed E-state index contributed by atoms with van der Waals surface area (Å²) < 4.78 is 78.4. The fourth-order valence-electron chi connectivity index (χ4n) is 8.53. The first-order valence-electron chi connectivity index (χ1n) is 23.6. The molecular formula is C45H72N4O27. The molecule has 4 saturated heterocycles. The number of fused-ring (bicyclic) bond motifs is 2. The number of hydrogen-bond acceptors (Lipinski definition) is 29. The van der Waals surface area contributed by atoms with Crippen molar-refractivity contribution in [2.24, 2.45) is 9.98 Å². The Morgan fingerprint density at radius 3 is 1.49 bits per heavy atom. The molecule has 0 bridgehead atoms. The first-order chi connectivity index (χ1) is 35.8. The lowest BCUT2D eigenvalue weighted by Gasteiger charge is -2.44. The van der Waals surface area contributed by atoms with Gasteiger partial charge in [0.25, 0.3) is 0 Å². The van der Waals surface area contributed by atoms with Gasteiger partial charge < -0.3 is 107 Å². The van der Waals surface area contributed by atoms with E-state index in [9.17, 15) is 48.9 Å². The minimum atomic E-state index is -1.37. The van der Waals surface area contributed by atoms with E-state index in [0.29, 0.717) is 5.90 Å². The Bertz CT molecular complexity index is 1980. The number of hydrogen-bond donors (Lipinski definition) is 7. The van der Waals surface area contributed by atoms with E-state index in [-0.39, 0.29) is 26.4 Å². The SMILES string of the molecule is CO[C@@H]1C(CO)OC(O)C(NC(C)=O)[C@H]1O.CO[C@@H]1C(CO)O[C@H]2OC(C)=N[C@H]2C1O.CO[C@@H]1C(COC(C)=O)O[C@@H](OC(C)=O)C(NC(C)=O)[C@H]1OC(C)=O.CO[C@@H]1C(COC(C)=O)O[C@H]2OC=N[C@H]2C1OC(C)=O. The van der Waals surface area contributed by atoms with Crippen LogP contribution in [0.1, 0.15) is 55.4 Å². The number of carbonyl (C=O) groups is 7. The summed E-state index contributed by atoms with van der Waals surface area (Å²) in [5.74, 6) is -3.08. The maximum Gasteiger partial charge on any atom is 0.305 e. The number of aliphatic hydroxyl groups is 5. The van der Waals surface area contributed by atoms with E-state index >= 15 is 0 Å². The molecule has 31 nitrogen and oxygen atoms in total. The fraction of sp³-hybridized carbons (Fsp3) is 0.800. The van der Waals surface area contributed by atoms with Crippen molar-refractivity contribution < 1.29 is 130 Å². The number of aliphatic imine (C=N–C) groups is 2. The van der Waals surface area contributed by atoms with Gasteiger partial charge in [0.05, 0.1) is 13.2 Å². The van der Waals surface area contributed by atoms with Crippen molar-refractivity contribution in [3.05, 3.63) is 0 Å². The summed E-state index contributed by atoms with van der Waals surface area (Å²) in [6.45, 7) is 9.55. The topological polar surface area (TPSA) is 408 Å². The van der Waals surface area contributed by atoms with Gasteiger partial charge in [0, 0.05) is 83.8 Å². The zero-order valence-electron chi connectivity index (χ0n) is 44.1. The maximum absolute atomic E-state index is 11.5. The highest BCUT2D eigenvalue weighted by Gasteiger charge is 2.53. The van der Waals surface area contributed by atoms with E-state index in [1.165, 1.54) is 83.3 Å². The molecule has 31 heteroatoms. The van der Waals surface area contributed by atoms with Crippen LogP contribution in [0.15, 0.2) is 9.98 Å². The van der Waals surface area contributed by atoms with Gasteiger partial charge >= 0.3 is 29.8 Å². The van der Waals surface area contributed by atoms with Gasteiger partial charge in [-0.25, -0.2) is 9.98 Å². The molecule has 20 atom stereocenters. The van der Waals surface area contributed by atoms with Gasteiger partial charge in [-0.1, -0.05) is 0 Å².